The molecule has 2 aliphatic rings. The molecule has 0 radical (unpaired) electrons. The number of hydrogen-bond acceptors (Lipinski definition) is 4. The third-order valence-electron chi connectivity index (χ3n) is 3.01. The maximum absolute atomic E-state index is 10.8. The fraction of sp³-hybridized carbons (Fsp3) is 0.273. The highest BCUT2D eigenvalue weighted by molar-refractivity contribution is 8.22. The number of benzene rings is 1. The van der Waals surface area contributed by atoms with Crippen LogP contribution in [-0.4, -0.2) is 4.92 Å². The highest BCUT2D eigenvalue weighted by Crippen LogP contribution is 2.59. The van der Waals surface area contributed by atoms with Crippen molar-refractivity contribution >= 4 is 29.2 Å². The molecule has 0 atom stereocenters. The molecule has 0 amide bonds. The van der Waals surface area contributed by atoms with E-state index in [0.717, 1.165) is 18.4 Å². The Bertz CT molecular complexity index is 491. The van der Waals surface area contributed by atoms with Gasteiger partial charge in [0.15, 0.2) is 0 Å². The normalized spacial score (nSPS) is 20.2. The van der Waals surface area contributed by atoms with Gasteiger partial charge in [-0.15, -0.1) is 23.5 Å². The summed E-state index contributed by atoms with van der Waals surface area (Å²) in [7, 11) is 0. The van der Waals surface area contributed by atoms with E-state index in [-0.39, 0.29) is 14.7 Å². The number of nitro benzene ring substituents is 1. The Labute approximate surface area is 101 Å². The predicted octanol–water partition coefficient (Wildman–Crippen LogP) is 3.65. The highest BCUT2D eigenvalue weighted by Gasteiger charge is 2.41. The quantitative estimate of drug-likeness (QED) is 0.564. The third-order valence-corrected chi connectivity index (χ3v) is 5.91. The van der Waals surface area contributed by atoms with Crippen molar-refractivity contribution < 1.29 is 4.92 Å². The number of rotatable bonds is 1. The number of nitro groups is 1. The van der Waals surface area contributed by atoms with Crippen LogP contribution in [0.2, 0.25) is 0 Å². The van der Waals surface area contributed by atoms with Crippen LogP contribution in [0.3, 0.4) is 0 Å². The van der Waals surface area contributed by atoms with Crippen molar-refractivity contribution in [3.05, 3.63) is 50.3 Å². The van der Waals surface area contributed by atoms with Crippen molar-refractivity contribution in [2.75, 3.05) is 0 Å². The minimum atomic E-state index is -0.315. The second-order valence-electron chi connectivity index (χ2n) is 3.86. The van der Waals surface area contributed by atoms with Crippen LogP contribution in [0, 0.1) is 10.1 Å². The van der Waals surface area contributed by atoms with Gasteiger partial charge in [-0.05, 0) is 34.8 Å². The largest absolute Gasteiger partial charge is 0.269 e. The molecule has 1 aromatic rings. The first-order valence-corrected chi connectivity index (χ1v) is 6.76. The average Bonchev–Trinajstić information content (AvgIpc) is 2.88. The van der Waals surface area contributed by atoms with Gasteiger partial charge in [-0.3, -0.25) is 10.1 Å². The summed E-state index contributed by atoms with van der Waals surface area (Å²) in [6, 6.07) is 5.26. The Balaban J connectivity index is 2.10. The maximum Gasteiger partial charge on any atom is 0.269 e. The van der Waals surface area contributed by atoms with Crippen molar-refractivity contribution in [1.82, 2.24) is 0 Å². The lowest BCUT2D eigenvalue weighted by Crippen LogP contribution is -2.09. The summed E-state index contributed by atoms with van der Waals surface area (Å²) in [5, 5.41) is 14.9. The van der Waals surface area contributed by atoms with E-state index in [9.17, 15) is 10.1 Å². The van der Waals surface area contributed by atoms with Gasteiger partial charge in [0, 0.05) is 12.1 Å². The number of nitrogens with zero attached hydrogens (tertiary/aromatic N) is 1. The molecule has 1 heterocycles. The van der Waals surface area contributed by atoms with Gasteiger partial charge in [0.25, 0.3) is 5.69 Å². The molecule has 0 saturated carbocycles. The zero-order chi connectivity index (χ0) is 11.2. The second-order valence-corrected chi connectivity index (χ2v) is 6.53. The highest BCUT2D eigenvalue weighted by atomic mass is 32.2. The smallest absolute Gasteiger partial charge is 0.258 e. The van der Waals surface area contributed by atoms with Gasteiger partial charge in [-0.25, -0.2) is 0 Å². The van der Waals surface area contributed by atoms with Crippen LogP contribution < -0.4 is 0 Å². The minimum absolute atomic E-state index is 0.0152. The van der Waals surface area contributed by atoms with Gasteiger partial charge in [-0.2, -0.15) is 0 Å². The lowest BCUT2D eigenvalue weighted by atomic mass is 10.1. The zero-order valence-electron chi connectivity index (χ0n) is 8.38. The first kappa shape index (κ1) is 10.2. The Morgan fingerprint density at radius 1 is 1.31 bits per heavy atom. The van der Waals surface area contributed by atoms with Crippen molar-refractivity contribution in [3.8, 4) is 0 Å². The molecule has 1 aromatic carbocycles. The van der Waals surface area contributed by atoms with E-state index >= 15 is 0 Å². The van der Waals surface area contributed by atoms with E-state index in [1.807, 2.05) is 6.07 Å². The van der Waals surface area contributed by atoms with E-state index in [1.165, 1.54) is 5.56 Å². The molecular weight excluding hydrogens is 242 g/mol. The van der Waals surface area contributed by atoms with E-state index < -0.39 is 0 Å². The Morgan fingerprint density at radius 3 is 2.75 bits per heavy atom. The number of thioether (sulfide) groups is 2. The molecule has 1 spiro atoms. The number of aryl methyl sites for hydroxylation is 1. The predicted molar refractivity (Wildman–Crippen MR) is 67.4 cm³/mol. The Hall–Kier alpha value is -0.940. The molecule has 16 heavy (non-hydrogen) atoms. The van der Waals surface area contributed by atoms with Crippen LogP contribution in [0.4, 0.5) is 5.69 Å². The summed E-state index contributed by atoms with van der Waals surface area (Å²) in [5.74, 6) is 0. The maximum atomic E-state index is 10.8. The zero-order valence-corrected chi connectivity index (χ0v) is 10.0. The van der Waals surface area contributed by atoms with Crippen molar-refractivity contribution in [1.29, 1.82) is 0 Å². The van der Waals surface area contributed by atoms with E-state index in [4.69, 9.17) is 0 Å². The minimum Gasteiger partial charge on any atom is -0.258 e. The van der Waals surface area contributed by atoms with Gasteiger partial charge >= 0.3 is 0 Å². The van der Waals surface area contributed by atoms with Gasteiger partial charge < -0.3 is 0 Å². The summed E-state index contributed by atoms with van der Waals surface area (Å²) in [6.45, 7) is 0. The molecule has 1 aliphatic carbocycles. The second kappa shape index (κ2) is 3.53. The monoisotopic (exact) mass is 251 g/mol. The molecular formula is C11H9NO2S2. The third kappa shape index (κ3) is 1.38. The van der Waals surface area contributed by atoms with Crippen LogP contribution in [0.15, 0.2) is 29.0 Å². The van der Waals surface area contributed by atoms with Crippen LogP contribution in [-0.2, 0) is 10.5 Å². The van der Waals surface area contributed by atoms with Crippen molar-refractivity contribution in [2.24, 2.45) is 0 Å². The van der Waals surface area contributed by atoms with Crippen LogP contribution in [0.5, 0.6) is 0 Å². The molecule has 3 nitrogen and oxygen atoms in total. The van der Waals surface area contributed by atoms with Crippen LogP contribution in [0.25, 0.3) is 0 Å². The van der Waals surface area contributed by atoms with Gasteiger partial charge in [-0.1, -0.05) is 6.07 Å². The summed E-state index contributed by atoms with van der Waals surface area (Å²) < 4.78 is 0.0152. The number of non-ortho nitro benzene ring substituents is 1. The summed E-state index contributed by atoms with van der Waals surface area (Å²) in [5.41, 5.74) is 2.60. The van der Waals surface area contributed by atoms with Crippen molar-refractivity contribution in [3.63, 3.8) is 0 Å². The molecule has 82 valence electrons. The average molecular weight is 251 g/mol. The van der Waals surface area contributed by atoms with E-state index in [1.54, 1.807) is 35.7 Å². The first-order chi connectivity index (χ1) is 7.71. The molecule has 1 aliphatic heterocycles. The molecule has 0 fully saturated rings. The fourth-order valence-corrected chi connectivity index (χ4v) is 4.75. The molecule has 0 N–H and O–H groups in total. The van der Waals surface area contributed by atoms with Crippen LogP contribution >= 0.6 is 23.5 Å². The van der Waals surface area contributed by atoms with Crippen molar-refractivity contribution in [2.45, 2.75) is 16.9 Å². The molecule has 5 heteroatoms. The molecule has 0 aromatic heterocycles. The van der Waals surface area contributed by atoms with E-state index in [0.29, 0.717) is 0 Å². The molecule has 3 rings (SSSR count). The fourth-order valence-electron chi connectivity index (χ4n) is 2.23. The van der Waals surface area contributed by atoms with E-state index in [2.05, 4.69) is 10.8 Å². The molecule has 0 unspecified atom stereocenters. The Kier molecular flexibility index (Phi) is 2.26. The number of fused-ring (bicyclic) bond motifs is 2. The summed E-state index contributed by atoms with van der Waals surface area (Å²) >= 11 is 3.55. The summed E-state index contributed by atoms with van der Waals surface area (Å²) in [6.07, 6.45) is 2.08. The first-order valence-electron chi connectivity index (χ1n) is 5.00. The topological polar surface area (TPSA) is 43.1 Å². The standard InChI is InChI=1S/C11H9NO2S2/c13-12(14)9-2-1-8-3-4-11(10(8)7-9)15-5-6-16-11/h1-2,5-7H,3-4H2. The molecule has 0 saturated heterocycles. The van der Waals surface area contributed by atoms with Gasteiger partial charge in [0.2, 0.25) is 0 Å². The van der Waals surface area contributed by atoms with Crippen LogP contribution in [0.1, 0.15) is 17.5 Å². The number of hydrogen-bond donors (Lipinski definition) is 0. The summed E-state index contributed by atoms with van der Waals surface area (Å²) in [4.78, 5) is 10.5. The lowest BCUT2D eigenvalue weighted by Gasteiger charge is -2.21. The van der Waals surface area contributed by atoms with Gasteiger partial charge in [0.1, 0.15) is 0 Å². The SMILES string of the molecule is O=[N+]([O-])c1ccc2c(c1)C1(CC2)SC=CS1. The van der Waals surface area contributed by atoms with Gasteiger partial charge in [0.05, 0.1) is 9.00 Å². The molecule has 0 bridgehead atoms. The lowest BCUT2D eigenvalue weighted by molar-refractivity contribution is -0.384. The Morgan fingerprint density at radius 2 is 2.06 bits per heavy atom.